The van der Waals surface area contributed by atoms with Crippen LogP contribution in [-0.2, 0) is 0 Å². The molecule has 0 aliphatic rings. The Labute approximate surface area is 99.9 Å². The van der Waals surface area contributed by atoms with Gasteiger partial charge in [0.15, 0.2) is 0 Å². The van der Waals surface area contributed by atoms with Crippen molar-refractivity contribution in [3.05, 3.63) is 48.5 Å². The number of rotatable bonds is 3. The third-order valence-electron chi connectivity index (χ3n) is 2.30. The summed E-state index contributed by atoms with van der Waals surface area (Å²) < 4.78 is 0. The molecular weight excluding hydrogens is 216 g/mol. The van der Waals surface area contributed by atoms with Gasteiger partial charge in [0.25, 0.3) is 0 Å². The minimum atomic E-state index is 0.781. The first kappa shape index (κ1) is 10.9. The van der Waals surface area contributed by atoms with E-state index in [-0.39, 0.29) is 0 Å². The Bertz CT molecular complexity index is 466. The van der Waals surface area contributed by atoms with Crippen molar-refractivity contribution in [1.82, 2.24) is 0 Å². The molecule has 3 heteroatoms. The van der Waals surface area contributed by atoms with E-state index < -0.39 is 0 Å². The van der Waals surface area contributed by atoms with Gasteiger partial charge in [0, 0.05) is 16.3 Å². The standard InChI is InChI=1S/C13H14N2S/c1-16-13-5-3-2-4-12(13)15-11-8-6-10(14)7-9-11/h2-9,15H,14H2,1H3. The van der Waals surface area contributed by atoms with Crippen LogP contribution in [0, 0.1) is 0 Å². The number of hydrogen-bond donors (Lipinski definition) is 2. The van der Waals surface area contributed by atoms with Crippen molar-refractivity contribution in [3.63, 3.8) is 0 Å². The highest BCUT2D eigenvalue weighted by atomic mass is 32.2. The lowest BCUT2D eigenvalue weighted by Crippen LogP contribution is -1.92. The van der Waals surface area contributed by atoms with Gasteiger partial charge in [0.05, 0.1) is 5.69 Å². The predicted molar refractivity (Wildman–Crippen MR) is 72.4 cm³/mol. The summed E-state index contributed by atoms with van der Waals surface area (Å²) >= 11 is 1.73. The number of hydrogen-bond acceptors (Lipinski definition) is 3. The summed E-state index contributed by atoms with van der Waals surface area (Å²) in [7, 11) is 0. The maximum atomic E-state index is 5.64. The van der Waals surface area contributed by atoms with Crippen molar-refractivity contribution >= 4 is 28.8 Å². The molecule has 2 rings (SSSR count). The summed E-state index contributed by atoms with van der Waals surface area (Å²) in [5.74, 6) is 0. The van der Waals surface area contributed by atoms with Crippen molar-refractivity contribution < 1.29 is 0 Å². The highest BCUT2D eigenvalue weighted by Gasteiger charge is 2.00. The van der Waals surface area contributed by atoms with E-state index in [1.54, 1.807) is 11.8 Å². The zero-order valence-corrected chi connectivity index (χ0v) is 9.92. The first-order valence-corrected chi connectivity index (χ1v) is 6.27. The molecule has 2 nitrogen and oxygen atoms in total. The van der Waals surface area contributed by atoms with Crippen LogP contribution >= 0.6 is 11.8 Å². The summed E-state index contributed by atoms with van der Waals surface area (Å²) in [4.78, 5) is 1.24. The molecule has 0 aliphatic heterocycles. The van der Waals surface area contributed by atoms with Gasteiger partial charge in [-0.2, -0.15) is 0 Å². The van der Waals surface area contributed by atoms with E-state index in [2.05, 4.69) is 23.7 Å². The smallest absolute Gasteiger partial charge is 0.0522 e. The van der Waals surface area contributed by atoms with Crippen molar-refractivity contribution in [2.75, 3.05) is 17.3 Å². The SMILES string of the molecule is CSc1ccccc1Nc1ccc(N)cc1. The fraction of sp³-hybridized carbons (Fsp3) is 0.0769. The van der Waals surface area contributed by atoms with Crippen LogP contribution < -0.4 is 11.1 Å². The van der Waals surface area contributed by atoms with Crippen LogP contribution in [0.2, 0.25) is 0 Å². The third kappa shape index (κ3) is 2.49. The van der Waals surface area contributed by atoms with Gasteiger partial charge in [0.2, 0.25) is 0 Å². The number of thioether (sulfide) groups is 1. The van der Waals surface area contributed by atoms with Crippen LogP contribution in [-0.4, -0.2) is 6.26 Å². The van der Waals surface area contributed by atoms with Crippen molar-refractivity contribution in [2.24, 2.45) is 0 Å². The number of para-hydroxylation sites is 1. The van der Waals surface area contributed by atoms with Crippen molar-refractivity contribution in [3.8, 4) is 0 Å². The van der Waals surface area contributed by atoms with E-state index >= 15 is 0 Å². The molecule has 0 bridgehead atoms. The van der Waals surface area contributed by atoms with Gasteiger partial charge in [-0.15, -0.1) is 11.8 Å². The monoisotopic (exact) mass is 230 g/mol. The van der Waals surface area contributed by atoms with Gasteiger partial charge in [-0.25, -0.2) is 0 Å². The molecule has 0 saturated heterocycles. The maximum Gasteiger partial charge on any atom is 0.0522 e. The number of nitrogens with one attached hydrogen (secondary N) is 1. The number of benzene rings is 2. The molecule has 0 aliphatic carbocycles. The summed E-state index contributed by atoms with van der Waals surface area (Å²) in [5.41, 5.74) is 8.60. The normalized spacial score (nSPS) is 10.1. The highest BCUT2D eigenvalue weighted by molar-refractivity contribution is 7.98. The Morgan fingerprint density at radius 3 is 2.38 bits per heavy atom. The fourth-order valence-electron chi connectivity index (χ4n) is 1.47. The van der Waals surface area contributed by atoms with Gasteiger partial charge >= 0.3 is 0 Å². The first-order chi connectivity index (χ1) is 7.79. The van der Waals surface area contributed by atoms with Crippen LogP contribution in [0.1, 0.15) is 0 Å². The number of nitrogen functional groups attached to an aromatic ring is 1. The summed E-state index contributed by atoms with van der Waals surface area (Å²) in [6.45, 7) is 0. The maximum absolute atomic E-state index is 5.64. The summed E-state index contributed by atoms with van der Waals surface area (Å²) in [6, 6.07) is 16.0. The molecule has 2 aromatic rings. The van der Waals surface area contributed by atoms with Gasteiger partial charge in [-0.1, -0.05) is 12.1 Å². The molecule has 0 fully saturated rings. The zero-order valence-electron chi connectivity index (χ0n) is 9.10. The molecule has 0 atom stereocenters. The first-order valence-electron chi connectivity index (χ1n) is 5.05. The van der Waals surface area contributed by atoms with Gasteiger partial charge in [-0.05, 0) is 42.7 Å². The molecule has 0 aromatic heterocycles. The van der Waals surface area contributed by atoms with E-state index in [0.29, 0.717) is 0 Å². The molecule has 0 spiro atoms. The molecular formula is C13H14N2S. The van der Waals surface area contributed by atoms with Crippen LogP contribution in [0.5, 0.6) is 0 Å². The Kier molecular flexibility index (Phi) is 3.37. The molecule has 82 valence electrons. The van der Waals surface area contributed by atoms with Crippen LogP contribution in [0.4, 0.5) is 17.1 Å². The van der Waals surface area contributed by atoms with Gasteiger partial charge in [-0.3, -0.25) is 0 Å². The van der Waals surface area contributed by atoms with Crippen LogP contribution in [0.25, 0.3) is 0 Å². The average molecular weight is 230 g/mol. The lowest BCUT2D eigenvalue weighted by molar-refractivity contribution is 1.42. The molecule has 0 amide bonds. The van der Waals surface area contributed by atoms with Gasteiger partial charge < -0.3 is 11.1 Å². The van der Waals surface area contributed by atoms with E-state index in [4.69, 9.17) is 5.73 Å². The fourth-order valence-corrected chi connectivity index (χ4v) is 2.02. The Morgan fingerprint density at radius 1 is 1.00 bits per heavy atom. The molecule has 0 heterocycles. The minimum absolute atomic E-state index is 0.781. The summed E-state index contributed by atoms with van der Waals surface area (Å²) in [5, 5.41) is 3.37. The predicted octanol–water partition coefficient (Wildman–Crippen LogP) is 3.73. The van der Waals surface area contributed by atoms with E-state index in [1.165, 1.54) is 4.90 Å². The number of anilines is 3. The second-order valence-electron chi connectivity index (χ2n) is 3.45. The Balaban J connectivity index is 2.23. The largest absolute Gasteiger partial charge is 0.399 e. The summed E-state index contributed by atoms with van der Waals surface area (Å²) in [6.07, 6.45) is 2.07. The second-order valence-corrected chi connectivity index (χ2v) is 4.30. The second kappa shape index (κ2) is 4.94. The quantitative estimate of drug-likeness (QED) is 0.623. The van der Waals surface area contributed by atoms with E-state index in [9.17, 15) is 0 Å². The third-order valence-corrected chi connectivity index (χ3v) is 3.09. The van der Waals surface area contributed by atoms with Crippen molar-refractivity contribution in [2.45, 2.75) is 4.90 Å². The highest BCUT2D eigenvalue weighted by Crippen LogP contribution is 2.27. The van der Waals surface area contributed by atoms with Gasteiger partial charge in [0.1, 0.15) is 0 Å². The number of nitrogens with two attached hydrogens (primary N) is 1. The topological polar surface area (TPSA) is 38.0 Å². The van der Waals surface area contributed by atoms with Crippen molar-refractivity contribution in [1.29, 1.82) is 0 Å². The van der Waals surface area contributed by atoms with E-state index in [0.717, 1.165) is 17.1 Å². The van der Waals surface area contributed by atoms with Crippen LogP contribution in [0.15, 0.2) is 53.4 Å². The van der Waals surface area contributed by atoms with E-state index in [1.807, 2.05) is 36.4 Å². The van der Waals surface area contributed by atoms with Crippen LogP contribution in [0.3, 0.4) is 0 Å². The lowest BCUT2D eigenvalue weighted by atomic mass is 10.2. The molecule has 2 aromatic carbocycles. The molecule has 0 saturated carbocycles. The molecule has 3 N–H and O–H groups in total. The minimum Gasteiger partial charge on any atom is -0.399 e. The zero-order chi connectivity index (χ0) is 11.4. The lowest BCUT2D eigenvalue weighted by Gasteiger charge is -2.10. The molecule has 0 radical (unpaired) electrons. The Hall–Kier alpha value is -1.61. The molecule has 0 unspecified atom stereocenters. The molecule has 16 heavy (non-hydrogen) atoms. The average Bonchev–Trinajstić information content (AvgIpc) is 2.33. The Morgan fingerprint density at radius 2 is 1.69 bits per heavy atom.